The molecule has 9 heteroatoms. The number of amides is 1. The van der Waals surface area contributed by atoms with Gasteiger partial charge in [-0.05, 0) is 12.1 Å². The third-order valence-corrected chi connectivity index (χ3v) is 3.83. The van der Waals surface area contributed by atoms with Crippen LogP contribution in [0.3, 0.4) is 0 Å². The number of fused-ring (bicyclic) bond motifs is 1. The Morgan fingerprint density at radius 3 is 2.76 bits per heavy atom. The monoisotopic (exact) mass is 347 g/mol. The van der Waals surface area contributed by atoms with Crippen molar-refractivity contribution >= 4 is 23.0 Å². The van der Waals surface area contributed by atoms with Gasteiger partial charge < -0.3 is 14.8 Å². The first kappa shape index (κ1) is 16.5. The Morgan fingerprint density at radius 2 is 2.12 bits per heavy atom. The van der Waals surface area contributed by atoms with E-state index >= 15 is 0 Å². The zero-order valence-corrected chi connectivity index (χ0v) is 13.4. The van der Waals surface area contributed by atoms with E-state index in [1.54, 1.807) is 7.05 Å². The number of hydrogen-bond donors (Lipinski definition) is 1. The van der Waals surface area contributed by atoms with Crippen molar-refractivity contribution < 1.29 is 23.6 Å². The zero-order valence-electron chi connectivity index (χ0n) is 13.4. The molecule has 2 aromatic rings. The normalized spacial score (nSPS) is 13.1. The number of methoxy groups -OCH3 is 1. The van der Waals surface area contributed by atoms with Crippen LogP contribution >= 0.6 is 0 Å². The van der Waals surface area contributed by atoms with E-state index in [2.05, 4.69) is 5.32 Å². The van der Waals surface area contributed by atoms with Gasteiger partial charge in [0, 0.05) is 19.2 Å². The van der Waals surface area contributed by atoms with Crippen molar-refractivity contribution in [2.45, 2.75) is 0 Å². The lowest BCUT2D eigenvalue weighted by atomic mass is 10.1. The molecular weight excluding hydrogens is 333 g/mol. The molecule has 8 nitrogen and oxygen atoms in total. The SMILES string of the molecule is CNc1cc2c(cc1F)C(=O)N(c1ccc([N+](=O)[O-])cc1OC)CO2. The summed E-state index contributed by atoms with van der Waals surface area (Å²) >= 11 is 0. The average Bonchev–Trinajstić information content (AvgIpc) is 2.61. The fraction of sp³-hybridized carbons (Fsp3) is 0.188. The van der Waals surface area contributed by atoms with Gasteiger partial charge in [-0.1, -0.05) is 0 Å². The molecule has 1 aliphatic heterocycles. The Balaban J connectivity index is 2.02. The molecule has 3 rings (SSSR count). The third-order valence-electron chi connectivity index (χ3n) is 3.83. The van der Waals surface area contributed by atoms with Crippen molar-refractivity contribution in [1.29, 1.82) is 0 Å². The summed E-state index contributed by atoms with van der Waals surface area (Å²) in [5.41, 5.74) is 0.397. The number of hydrogen-bond acceptors (Lipinski definition) is 6. The van der Waals surface area contributed by atoms with Crippen LogP contribution in [0.25, 0.3) is 0 Å². The Labute approximate surface area is 141 Å². The zero-order chi connectivity index (χ0) is 18.1. The molecule has 1 aliphatic rings. The molecule has 1 heterocycles. The number of nitrogens with zero attached hydrogens (tertiary/aromatic N) is 2. The van der Waals surface area contributed by atoms with E-state index in [4.69, 9.17) is 9.47 Å². The summed E-state index contributed by atoms with van der Waals surface area (Å²) in [6.45, 7) is -0.130. The molecule has 1 N–H and O–H groups in total. The molecule has 0 unspecified atom stereocenters. The van der Waals surface area contributed by atoms with Crippen LogP contribution in [0, 0.1) is 15.9 Å². The van der Waals surface area contributed by atoms with Crippen molar-refractivity contribution in [2.24, 2.45) is 0 Å². The molecular formula is C16H14FN3O5. The summed E-state index contributed by atoms with van der Waals surface area (Å²) in [6.07, 6.45) is 0. The summed E-state index contributed by atoms with van der Waals surface area (Å²) in [5.74, 6) is -0.680. The van der Waals surface area contributed by atoms with Crippen LogP contribution in [0.4, 0.5) is 21.5 Å². The molecule has 130 valence electrons. The highest BCUT2D eigenvalue weighted by atomic mass is 19.1. The minimum absolute atomic E-state index is 0.0585. The number of halogens is 1. The number of rotatable bonds is 4. The van der Waals surface area contributed by atoms with Gasteiger partial charge in [0.05, 0.1) is 35.0 Å². The first-order chi connectivity index (χ1) is 12.0. The second kappa shape index (κ2) is 6.27. The molecule has 0 saturated carbocycles. The van der Waals surface area contributed by atoms with Gasteiger partial charge in [-0.3, -0.25) is 19.8 Å². The summed E-state index contributed by atoms with van der Waals surface area (Å²) in [4.78, 5) is 24.3. The molecule has 0 fully saturated rings. The average molecular weight is 347 g/mol. The quantitative estimate of drug-likeness (QED) is 0.675. The first-order valence-corrected chi connectivity index (χ1v) is 7.24. The summed E-state index contributed by atoms with van der Waals surface area (Å²) in [5, 5.41) is 13.6. The second-order valence-electron chi connectivity index (χ2n) is 5.20. The smallest absolute Gasteiger partial charge is 0.273 e. The minimum Gasteiger partial charge on any atom is -0.494 e. The lowest BCUT2D eigenvalue weighted by molar-refractivity contribution is -0.384. The van der Waals surface area contributed by atoms with Crippen LogP contribution < -0.4 is 19.7 Å². The number of benzene rings is 2. The van der Waals surface area contributed by atoms with Gasteiger partial charge >= 0.3 is 0 Å². The number of carbonyl (C=O) groups excluding carboxylic acids is 1. The van der Waals surface area contributed by atoms with Crippen molar-refractivity contribution in [3.05, 3.63) is 51.8 Å². The highest BCUT2D eigenvalue weighted by molar-refractivity contribution is 6.09. The highest BCUT2D eigenvalue weighted by Gasteiger charge is 2.30. The van der Waals surface area contributed by atoms with Gasteiger partial charge in [-0.25, -0.2) is 4.39 Å². The lowest BCUT2D eigenvalue weighted by Crippen LogP contribution is -2.39. The fourth-order valence-corrected chi connectivity index (χ4v) is 2.55. The largest absolute Gasteiger partial charge is 0.494 e. The molecule has 0 aromatic heterocycles. The molecule has 0 aliphatic carbocycles. The van der Waals surface area contributed by atoms with Gasteiger partial charge in [0.25, 0.3) is 11.6 Å². The Kier molecular flexibility index (Phi) is 4.14. The number of nitrogens with one attached hydrogen (secondary N) is 1. The van der Waals surface area contributed by atoms with Gasteiger partial charge in [0.1, 0.15) is 17.3 Å². The van der Waals surface area contributed by atoms with E-state index in [-0.39, 0.29) is 35.2 Å². The summed E-state index contributed by atoms with van der Waals surface area (Å²) in [6, 6.07) is 6.36. The topological polar surface area (TPSA) is 93.9 Å². The predicted octanol–water partition coefficient (Wildman–Crippen LogP) is 2.78. The Morgan fingerprint density at radius 1 is 1.36 bits per heavy atom. The maximum absolute atomic E-state index is 14.0. The van der Waals surface area contributed by atoms with E-state index in [0.717, 1.165) is 6.07 Å². The number of nitro benzene ring substituents is 1. The molecule has 25 heavy (non-hydrogen) atoms. The standard InChI is InChI=1S/C16H14FN3O5/c1-18-12-7-14-10(6-11(12)17)16(21)19(8-25-14)13-4-3-9(20(22)23)5-15(13)24-2/h3-7,18H,8H2,1-2H3. The maximum atomic E-state index is 14.0. The van der Waals surface area contributed by atoms with Crippen molar-refractivity contribution in [3.8, 4) is 11.5 Å². The van der Waals surface area contributed by atoms with Crippen molar-refractivity contribution in [3.63, 3.8) is 0 Å². The van der Waals surface area contributed by atoms with Gasteiger partial charge in [-0.2, -0.15) is 0 Å². The van der Waals surface area contributed by atoms with Crippen LogP contribution in [-0.4, -0.2) is 31.7 Å². The van der Waals surface area contributed by atoms with E-state index in [9.17, 15) is 19.3 Å². The van der Waals surface area contributed by atoms with Gasteiger partial charge in [0.2, 0.25) is 0 Å². The first-order valence-electron chi connectivity index (χ1n) is 7.24. The van der Waals surface area contributed by atoms with Crippen molar-refractivity contribution in [1.82, 2.24) is 0 Å². The molecule has 0 bridgehead atoms. The number of ether oxygens (including phenoxy) is 2. The van der Waals surface area contributed by atoms with Crippen molar-refractivity contribution in [2.75, 3.05) is 31.1 Å². The summed E-state index contributed by atoms with van der Waals surface area (Å²) in [7, 11) is 2.90. The van der Waals surface area contributed by atoms with E-state index in [1.807, 2.05) is 0 Å². The van der Waals surface area contributed by atoms with Crippen LogP contribution in [0.5, 0.6) is 11.5 Å². The Bertz CT molecular complexity index is 871. The molecule has 1 amide bonds. The number of anilines is 2. The molecule has 0 atom stereocenters. The molecule has 2 aromatic carbocycles. The van der Waals surface area contributed by atoms with E-state index in [0.29, 0.717) is 5.69 Å². The van der Waals surface area contributed by atoms with E-state index in [1.165, 1.54) is 36.3 Å². The van der Waals surface area contributed by atoms with Gasteiger partial charge in [0.15, 0.2) is 6.73 Å². The molecule has 0 radical (unpaired) electrons. The van der Waals surface area contributed by atoms with Crippen LogP contribution in [0.2, 0.25) is 0 Å². The highest BCUT2D eigenvalue weighted by Crippen LogP contribution is 2.37. The maximum Gasteiger partial charge on any atom is 0.273 e. The van der Waals surface area contributed by atoms with E-state index < -0.39 is 16.6 Å². The minimum atomic E-state index is -0.587. The fourth-order valence-electron chi connectivity index (χ4n) is 2.55. The molecule has 0 saturated heterocycles. The van der Waals surface area contributed by atoms with Crippen LogP contribution in [0.1, 0.15) is 10.4 Å². The number of nitro groups is 1. The predicted molar refractivity (Wildman–Crippen MR) is 87.9 cm³/mol. The number of carbonyl (C=O) groups is 1. The third kappa shape index (κ3) is 2.80. The Hall–Kier alpha value is -3.36. The lowest BCUT2D eigenvalue weighted by Gasteiger charge is -2.30. The number of non-ortho nitro benzene ring substituents is 1. The molecule has 0 spiro atoms. The van der Waals surface area contributed by atoms with Crippen LogP contribution in [-0.2, 0) is 0 Å². The second-order valence-corrected chi connectivity index (χ2v) is 5.20. The van der Waals surface area contributed by atoms with Gasteiger partial charge in [-0.15, -0.1) is 0 Å². The van der Waals surface area contributed by atoms with Crippen LogP contribution in [0.15, 0.2) is 30.3 Å². The summed E-state index contributed by atoms with van der Waals surface area (Å²) < 4.78 is 24.7.